The number of nitrogens with one attached hydrogen (secondary N) is 1. The lowest BCUT2D eigenvalue weighted by molar-refractivity contribution is 0.0913. The normalized spacial score (nSPS) is 10.4. The number of benzene rings is 1. The van der Waals surface area contributed by atoms with E-state index in [2.05, 4.69) is 20.9 Å². The van der Waals surface area contributed by atoms with E-state index >= 15 is 0 Å². The van der Waals surface area contributed by atoms with Crippen LogP contribution in [0.15, 0.2) is 22.7 Å². The van der Waals surface area contributed by atoms with Crippen molar-refractivity contribution >= 4 is 33.8 Å². The van der Waals surface area contributed by atoms with Crippen LogP contribution in [0.2, 0.25) is 0 Å². The zero-order chi connectivity index (χ0) is 17.1. The van der Waals surface area contributed by atoms with Gasteiger partial charge in [0.2, 0.25) is 5.78 Å². The highest BCUT2D eigenvalue weighted by atomic mass is 79.9. The Kier molecular flexibility index (Phi) is 5.15. The third-order valence-electron chi connectivity index (χ3n) is 3.53. The van der Waals surface area contributed by atoms with E-state index in [4.69, 9.17) is 4.74 Å². The number of ether oxygens (including phenoxy) is 1. The fourth-order valence-electron chi connectivity index (χ4n) is 2.52. The molecule has 0 radical (unpaired) electrons. The van der Waals surface area contributed by atoms with Crippen LogP contribution in [0.4, 0.5) is 0 Å². The van der Waals surface area contributed by atoms with Crippen LogP contribution in [0.3, 0.4) is 0 Å². The number of hydrogen-bond donors (Lipinski definition) is 1. The van der Waals surface area contributed by atoms with Crippen LogP contribution in [0.1, 0.15) is 49.4 Å². The minimum absolute atomic E-state index is 0.0904. The molecule has 5 nitrogen and oxygen atoms in total. The Balaban J connectivity index is 2.19. The Morgan fingerprint density at radius 2 is 2.00 bits per heavy atom. The van der Waals surface area contributed by atoms with Crippen molar-refractivity contribution in [3.8, 4) is 5.75 Å². The predicted molar refractivity (Wildman–Crippen MR) is 89.6 cm³/mol. The minimum atomic E-state index is -0.280. The van der Waals surface area contributed by atoms with Gasteiger partial charge in [0.05, 0.1) is 11.3 Å². The summed E-state index contributed by atoms with van der Waals surface area (Å²) in [6.45, 7) is 4.72. The summed E-state index contributed by atoms with van der Waals surface area (Å²) in [5, 5.41) is 0. The number of Topliss-reactive ketones (excluding diaryl/α,β-unsaturated/α-hetero) is 2. The molecule has 1 heterocycles. The van der Waals surface area contributed by atoms with Gasteiger partial charge in [0, 0.05) is 15.7 Å². The molecular weight excluding hydrogens is 362 g/mol. The van der Waals surface area contributed by atoms with Crippen molar-refractivity contribution in [3.63, 3.8) is 0 Å². The van der Waals surface area contributed by atoms with E-state index in [-0.39, 0.29) is 18.2 Å². The van der Waals surface area contributed by atoms with Gasteiger partial charge in [0.25, 0.3) is 0 Å². The van der Waals surface area contributed by atoms with Crippen LogP contribution < -0.4 is 4.74 Å². The molecule has 0 amide bonds. The number of aromatic amines is 1. The highest BCUT2D eigenvalue weighted by Gasteiger charge is 2.20. The number of hydrogen-bond acceptors (Lipinski definition) is 4. The first-order chi connectivity index (χ1) is 10.8. The van der Waals surface area contributed by atoms with Gasteiger partial charge in [-0.1, -0.05) is 15.9 Å². The van der Waals surface area contributed by atoms with Crippen molar-refractivity contribution in [3.05, 3.63) is 50.8 Å². The van der Waals surface area contributed by atoms with Gasteiger partial charge < -0.3 is 9.72 Å². The Hall–Kier alpha value is -2.21. The molecule has 120 valence electrons. The highest BCUT2D eigenvalue weighted by molar-refractivity contribution is 9.10. The molecule has 1 aromatic carbocycles. The number of ketones is 2. The second-order valence-corrected chi connectivity index (χ2v) is 6.11. The SMILES string of the molecule is CC(=O)c1c(C)[nH]c(C(=O)COc2ccc(Br)cc2C=O)c1C. The Labute approximate surface area is 142 Å². The summed E-state index contributed by atoms with van der Waals surface area (Å²) in [5.74, 6) is -0.0329. The van der Waals surface area contributed by atoms with Crippen LogP contribution in [-0.2, 0) is 0 Å². The van der Waals surface area contributed by atoms with Gasteiger partial charge in [0.15, 0.2) is 18.7 Å². The number of aryl methyl sites for hydroxylation is 1. The first-order valence-corrected chi connectivity index (χ1v) is 7.75. The Morgan fingerprint density at radius 1 is 1.30 bits per heavy atom. The number of aromatic nitrogens is 1. The number of H-pyrrole nitrogens is 1. The van der Waals surface area contributed by atoms with Crippen LogP contribution in [-0.4, -0.2) is 29.4 Å². The molecule has 0 aliphatic carbocycles. The molecule has 0 aliphatic heterocycles. The van der Waals surface area contributed by atoms with Gasteiger partial charge >= 0.3 is 0 Å². The van der Waals surface area contributed by atoms with Crippen LogP contribution in [0.5, 0.6) is 5.75 Å². The molecule has 23 heavy (non-hydrogen) atoms. The maximum atomic E-state index is 12.3. The summed E-state index contributed by atoms with van der Waals surface area (Å²) in [6, 6.07) is 4.96. The summed E-state index contributed by atoms with van der Waals surface area (Å²) in [6.07, 6.45) is 0.669. The molecule has 1 N–H and O–H groups in total. The lowest BCUT2D eigenvalue weighted by Crippen LogP contribution is -2.14. The second-order valence-electron chi connectivity index (χ2n) is 5.19. The summed E-state index contributed by atoms with van der Waals surface area (Å²) in [4.78, 5) is 37.9. The number of aldehydes is 1. The smallest absolute Gasteiger partial charge is 0.216 e. The van der Waals surface area contributed by atoms with Crippen molar-refractivity contribution in [2.24, 2.45) is 0 Å². The van der Waals surface area contributed by atoms with E-state index in [0.717, 1.165) is 4.47 Å². The molecular formula is C17H16BrNO4. The lowest BCUT2D eigenvalue weighted by Gasteiger charge is -2.08. The van der Waals surface area contributed by atoms with Crippen LogP contribution >= 0.6 is 15.9 Å². The van der Waals surface area contributed by atoms with E-state index in [9.17, 15) is 14.4 Å². The maximum absolute atomic E-state index is 12.3. The van der Waals surface area contributed by atoms with Crippen molar-refractivity contribution in [2.45, 2.75) is 20.8 Å². The zero-order valence-corrected chi connectivity index (χ0v) is 14.6. The summed E-state index contributed by atoms with van der Waals surface area (Å²) in [7, 11) is 0. The average molecular weight is 378 g/mol. The first kappa shape index (κ1) is 17.1. The number of carbonyl (C=O) groups excluding carboxylic acids is 3. The van der Waals surface area contributed by atoms with Crippen molar-refractivity contribution in [1.29, 1.82) is 0 Å². The third kappa shape index (κ3) is 3.59. The maximum Gasteiger partial charge on any atom is 0.216 e. The van der Waals surface area contributed by atoms with Crippen molar-refractivity contribution in [1.82, 2.24) is 4.98 Å². The van der Waals surface area contributed by atoms with Crippen molar-refractivity contribution < 1.29 is 19.1 Å². The van der Waals surface area contributed by atoms with Gasteiger partial charge in [0.1, 0.15) is 5.75 Å². The molecule has 0 spiro atoms. The quantitative estimate of drug-likeness (QED) is 0.615. The van der Waals surface area contributed by atoms with Gasteiger partial charge in [-0.3, -0.25) is 14.4 Å². The third-order valence-corrected chi connectivity index (χ3v) is 4.02. The van der Waals surface area contributed by atoms with Crippen LogP contribution in [0, 0.1) is 13.8 Å². The average Bonchev–Trinajstić information content (AvgIpc) is 2.80. The fourth-order valence-corrected chi connectivity index (χ4v) is 2.89. The van der Waals surface area contributed by atoms with Gasteiger partial charge in [-0.05, 0) is 44.5 Å². The topological polar surface area (TPSA) is 76.2 Å². The monoisotopic (exact) mass is 377 g/mol. The summed E-state index contributed by atoms with van der Waals surface area (Å²) < 4.78 is 6.21. The van der Waals surface area contributed by atoms with E-state index in [1.807, 2.05) is 0 Å². The van der Waals surface area contributed by atoms with E-state index in [1.54, 1.807) is 32.0 Å². The van der Waals surface area contributed by atoms with Gasteiger partial charge in [-0.2, -0.15) is 0 Å². The molecule has 0 atom stereocenters. The molecule has 2 aromatic rings. The van der Waals surface area contributed by atoms with Gasteiger partial charge in [-0.25, -0.2) is 0 Å². The number of halogens is 1. The summed E-state index contributed by atoms with van der Waals surface area (Å²) in [5.41, 5.74) is 2.53. The predicted octanol–water partition coefficient (Wildman–Crippen LogP) is 3.67. The molecule has 0 bridgehead atoms. The molecule has 0 unspecified atom stereocenters. The molecule has 1 aromatic heterocycles. The molecule has 0 aliphatic rings. The van der Waals surface area contributed by atoms with E-state index in [0.29, 0.717) is 40.1 Å². The second kappa shape index (κ2) is 6.91. The molecule has 6 heteroatoms. The molecule has 0 saturated heterocycles. The molecule has 2 rings (SSSR count). The first-order valence-electron chi connectivity index (χ1n) is 6.96. The number of rotatable bonds is 6. The van der Waals surface area contributed by atoms with Crippen molar-refractivity contribution in [2.75, 3.05) is 6.61 Å². The zero-order valence-electron chi connectivity index (χ0n) is 13.0. The van der Waals surface area contributed by atoms with E-state index < -0.39 is 0 Å². The summed E-state index contributed by atoms with van der Waals surface area (Å²) >= 11 is 3.27. The highest BCUT2D eigenvalue weighted by Crippen LogP contribution is 2.23. The Morgan fingerprint density at radius 3 is 2.57 bits per heavy atom. The van der Waals surface area contributed by atoms with E-state index in [1.165, 1.54) is 6.92 Å². The number of carbonyl (C=O) groups is 3. The van der Waals surface area contributed by atoms with Crippen LogP contribution in [0.25, 0.3) is 0 Å². The largest absolute Gasteiger partial charge is 0.485 e. The van der Waals surface area contributed by atoms with Gasteiger partial charge in [-0.15, -0.1) is 0 Å². The minimum Gasteiger partial charge on any atom is -0.485 e. The Bertz CT molecular complexity index is 792. The lowest BCUT2D eigenvalue weighted by atomic mass is 10.1. The molecule has 0 fully saturated rings. The fraction of sp³-hybridized carbons (Fsp3) is 0.235. The standard InChI is InChI=1S/C17H16BrNO4/c1-9-16(11(3)21)10(2)19-17(9)14(22)8-23-15-5-4-13(18)6-12(15)7-20/h4-7,19H,8H2,1-3H3. The molecule has 0 saturated carbocycles.